The lowest BCUT2D eigenvalue weighted by atomic mass is 9.79. The molecule has 0 saturated carbocycles. The molecule has 12 nitrogen and oxygen atoms in total. The smallest absolute Gasteiger partial charge is 0.481 e. The summed E-state index contributed by atoms with van der Waals surface area (Å²) >= 11 is 0. The normalized spacial score (nSPS) is 12.3. The number of halogens is 2. The van der Waals surface area contributed by atoms with Crippen LogP contribution in [0.5, 0.6) is 0 Å². The molecule has 0 aromatic heterocycles. The lowest BCUT2D eigenvalue weighted by molar-refractivity contribution is -0.144. The molecule has 0 spiro atoms. The van der Waals surface area contributed by atoms with Crippen LogP contribution in [-0.4, -0.2) is 83.1 Å². The third-order valence-corrected chi connectivity index (χ3v) is 8.98. The lowest BCUT2D eigenvalue weighted by Gasteiger charge is -2.12. The molecule has 1 aromatic carbocycles. The Hall–Kier alpha value is -3.43. The summed E-state index contributed by atoms with van der Waals surface area (Å²) in [4.78, 5) is 59.2. The summed E-state index contributed by atoms with van der Waals surface area (Å²) in [7, 11) is -0.580. The van der Waals surface area contributed by atoms with E-state index in [4.69, 9.17) is 15.2 Å². The van der Waals surface area contributed by atoms with Crippen LogP contribution in [-0.2, 0) is 19.2 Å². The maximum Gasteiger partial charge on any atom is 0.491 e. The topological polar surface area (TPSA) is 202 Å². The number of carboxylic acid groups (broad SMARTS) is 2. The number of unbranched alkanes of at least 4 members (excludes halogenated alkanes) is 13. The molecule has 0 saturated heterocycles. The van der Waals surface area contributed by atoms with Crippen molar-refractivity contribution in [3.8, 4) is 0 Å². The maximum absolute atomic E-state index is 14.1. The average Bonchev–Trinajstić information content (AvgIpc) is 3.08. The van der Waals surface area contributed by atoms with E-state index in [0.717, 1.165) is 89.2 Å². The molecule has 0 aliphatic rings. The summed E-state index contributed by atoms with van der Waals surface area (Å²) in [6.45, 7) is 0.719. The van der Waals surface area contributed by atoms with Crippen molar-refractivity contribution in [3.05, 3.63) is 29.3 Å². The van der Waals surface area contributed by atoms with E-state index in [0.29, 0.717) is 45.2 Å². The predicted octanol–water partition coefficient (Wildman–Crippen LogP) is 4.24. The van der Waals surface area contributed by atoms with E-state index in [9.17, 15) is 37.9 Å². The number of Topliss-reactive ketones (excluding diaryl/α,β-unsaturated/α-hetero) is 1. The van der Waals surface area contributed by atoms with Gasteiger partial charge in [-0.2, -0.15) is 0 Å². The van der Waals surface area contributed by atoms with Gasteiger partial charge < -0.3 is 36.2 Å². The first-order valence-corrected chi connectivity index (χ1v) is 18.4. The molecule has 1 rings (SSSR count). The second-order valence-corrected chi connectivity index (χ2v) is 13.1. The van der Waals surface area contributed by atoms with Crippen molar-refractivity contribution in [1.82, 2.24) is 16.0 Å². The Bertz CT molecular complexity index is 1220. The van der Waals surface area contributed by atoms with Gasteiger partial charge in [-0.05, 0) is 51.6 Å². The van der Waals surface area contributed by atoms with Gasteiger partial charge in [0, 0.05) is 37.8 Å². The minimum atomic E-state index is -2.16. The number of carbonyl (C=O) groups excluding carboxylic acids is 3. The Labute approximate surface area is 300 Å². The van der Waals surface area contributed by atoms with Gasteiger partial charge in [-0.15, -0.1) is 0 Å². The standard InChI is InChI=1S/C36H58BF2N3O9/c1-40-30(36(48)49)18-14-16-23-41-31(44)22-19-26(35(46)47)25-27(43)17-13-11-9-7-5-3-2-4-6-8-10-12-15-24-42-34(45)28-20-21-29(37(50)51)33(39)32(28)38/h20-21,26,30,40,50-51H,2-19,22-25H2,1H3,(H,41,44)(H,42,45)(H,46,47)(H,48,49)/t26-,30+/m1/s1. The van der Waals surface area contributed by atoms with E-state index in [1.54, 1.807) is 7.05 Å². The SMILES string of the molecule is CN[C@@H](CCCCNC(=O)CC[C@H](CC(=O)CCCCCCCCCCCCCCCNC(=O)c1ccc(B(O)O)c(F)c1F)C(=O)O)C(=O)O. The second-order valence-electron chi connectivity index (χ2n) is 13.1. The van der Waals surface area contributed by atoms with Crippen LogP contribution in [0.15, 0.2) is 12.1 Å². The molecule has 0 bridgehead atoms. The third kappa shape index (κ3) is 20.3. The predicted molar refractivity (Wildman–Crippen MR) is 190 cm³/mol. The van der Waals surface area contributed by atoms with Gasteiger partial charge >= 0.3 is 19.1 Å². The largest absolute Gasteiger partial charge is 0.491 e. The van der Waals surface area contributed by atoms with E-state index in [-0.39, 0.29) is 31.0 Å². The Kier molecular flexibility index (Phi) is 24.4. The number of hydrogen-bond acceptors (Lipinski definition) is 8. The van der Waals surface area contributed by atoms with Gasteiger partial charge in [-0.3, -0.25) is 24.0 Å². The summed E-state index contributed by atoms with van der Waals surface area (Å²) in [5, 5.41) is 44.6. The Morgan fingerprint density at radius 2 is 1.20 bits per heavy atom. The summed E-state index contributed by atoms with van der Waals surface area (Å²) in [5.41, 5.74) is -1.10. The van der Waals surface area contributed by atoms with Gasteiger partial charge in [0.15, 0.2) is 11.6 Å². The number of carboxylic acids is 2. The fraction of sp³-hybridized carbons (Fsp3) is 0.694. The zero-order chi connectivity index (χ0) is 38.0. The van der Waals surface area contributed by atoms with Crippen LogP contribution in [0, 0.1) is 17.6 Å². The molecule has 15 heteroatoms. The highest BCUT2D eigenvalue weighted by Gasteiger charge is 2.24. The first-order valence-electron chi connectivity index (χ1n) is 18.4. The van der Waals surface area contributed by atoms with Crippen LogP contribution in [0.25, 0.3) is 0 Å². The quantitative estimate of drug-likeness (QED) is 0.0429. The number of nitrogens with one attached hydrogen (secondary N) is 3. The summed E-state index contributed by atoms with van der Waals surface area (Å²) < 4.78 is 27.9. The van der Waals surface area contributed by atoms with Crippen molar-refractivity contribution in [3.63, 3.8) is 0 Å². The van der Waals surface area contributed by atoms with E-state index in [1.807, 2.05) is 0 Å². The van der Waals surface area contributed by atoms with Crippen molar-refractivity contribution in [1.29, 1.82) is 0 Å². The first kappa shape index (κ1) is 45.6. The van der Waals surface area contributed by atoms with Gasteiger partial charge in [-0.1, -0.05) is 76.7 Å². The van der Waals surface area contributed by atoms with Gasteiger partial charge in [0.05, 0.1) is 11.5 Å². The molecule has 0 radical (unpaired) electrons. The number of carbonyl (C=O) groups is 5. The van der Waals surface area contributed by atoms with E-state index < -0.39 is 59.6 Å². The van der Waals surface area contributed by atoms with Gasteiger partial charge in [0.2, 0.25) is 5.91 Å². The molecule has 0 aliphatic carbocycles. The molecular weight excluding hydrogens is 667 g/mol. The summed E-state index contributed by atoms with van der Waals surface area (Å²) in [6.07, 6.45) is 15.2. The fourth-order valence-electron chi connectivity index (χ4n) is 5.80. The number of amides is 2. The van der Waals surface area contributed by atoms with Gasteiger partial charge in [-0.25, -0.2) is 8.78 Å². The second kappa shape index (κ2) is 27.3. The van der Waals surface area contributed by atoms with Crippen LogP contribution in [0.2, 0.25) is 0 Å². The molecular formula is C36H58BF2N3O9. The monoisotopic (exact) mass is 725 g/mol. The number of hydrogen-bond donors (Lipinski definition) is 7. The van der Waals surface area contributed by atoms with Crippen LogP contribution < -0.4 is 21.4 Å². The van der Waals surface area contributed by atoms with E-state index >= 15 is 0 Å². The van der Waals surface area contributed by atoms with Gasteiger partial charge in [0.25, 0.3) is 5.91 Å². The molecule has 2 atom stereocenters. The Morgan fingerprint density at radius 1 is 0.667 bits per heavy atom. The minimum Gasteiger partial charge on any atom is -0.481 e. The van der Waals surface area contributed by atoms with Crippen molar-refractivity contribution in [2.45, 2.75) is 134 Å². The number of likely N-dealkylation sites (N-methyl/N-ethyl adjacent to an activating group) is 1. The maximum atomic E-state index is 14.1. The zero-order valence-electron chi connectivity index (χ0n) is 30.0. The average molecular weight is 726 g/mol. The molecule has 1 aromatic rings. The van der Waals surface area contributed by atoms with Gasteiger partial charge in [0.1, 0.15) is 11.8 Å². The van der Waals surface area contributed by atoms with Crippen LogP contribution >= 0.6 is 0 Å². The molecule has 0 unspecified atom stereocenters. The van der Waals surface area contributed by atoms with Crippen LogP contribution in [0.1, 0.15) is 139 Å². The highest BCUT2D eigenvalue weighted by atomic mass is 19.2. The molecule has 0 aliphatic heterocycles. The number of benzene rings is 1. The minimum absolute atomic E-state index is 0.0209. The summed E-state index contributed by atoms with van der Waals surface area (Å²) in [5.74, 6) is -6.85. The van der Waals surface area contributed by atoms with Crippen LogP contribution in [0.4, 0.5) is 8.78 Å². The molecule has 288 valence electrons. The van der Waals surface area contributed by atoms with Crippen molar-refractivity contribution < 1.29 is 53.0 Å². The summed E-state index contributed by atoms with van der Waals surface area (Å²) in [6, 6.07) is 1.38. The zero-order valence-corrected chi connectivity index (χ0v) is 30.0. The van der Waals surface area contributed by atoms with Crippen molar-refractivity contribution in [2.75, 3.05) is 20.1 Å². The first-order chi connectivity index (χ1) is 24.4. The number of ketones is 1. The molecule has 51 heavy (non-hydrogen) atoms. The highest BCUT2D eigenvalue weighted by Crippen LogP contribution is 2.17. The number of aliphatic carboxylic acids is 2. The molecule has 2 amide bonds. The van der Waals surface area contributed by atoms with Crippen LogP contribution in [0.3, 0.4) is 0 Å². The Balaban J connectivity index is 2.00. The highest BCUT2D eigenvalue weighted by molar-refractivity contribution is 6.58. The molecule has 0 heterocycles. The van der Waals surface area contributed by atoms with Crippen molar-refractivity contribution >= 4 is 42.1 Å². The number of rotatable bonds is 31. The Morgan fingerprint density at radius 3 is 1.73 bits per heavy atom. The lowest BCUT2D eigenvalue weighted by Crippen LogP contribution is -2.35. The van der Waals surface area contributed by atoms with E-state index in [1.165, 1.54) is 0 Å². The molecule has 0 fully saturated rings. The third-order valence-electron chi connectivity index (χ3n) is 8.98. The molecule has 7 N–H and O–H groups in total. The van der Waals surface area contributed by atoms with E-state index in [2.05, 4.69) is 16.0 Å². The fourth-order valence-corrected chi connectivity index (χ4v) is 5.80. The van der Waals surface area contributed by atoms with Crippen molar-refractivity contribution in [2.24, 2.45) is 5.92 Å².